The fraction of sp³-hybridized carbons (Fsp3) is 0.127. The number of unbranched alkanes of at least 4 members (excludes halogenated alkanes) is 2. The molecule has 0 nitrogen and oxygen atoms in total. The minimum atomic E-state index is 1.24. The number of hydrogen-bond acceptors (Lipinski definition) is 0. The zero-order valence-corrected chi connectivity index (χ0v) is 32.3. The second-order valence-corrected chi connectivity index (χ2v) is 15.0. The van der Waals surface area contributed by atoms with Crippen molar-refractivity contribution in [3.05, 3.63) is 181 Å². The van der Waals surface area contributed by atoms with Gasteiger partial charge >= 0.3 is 0 Å². The van der Waals surface area contributed by atoms with E-state index in [1.54, 1.807) is 0 Å². The van der Waals surface area contributed by atoms with Crippen LogP contribution in [-0.2, 0) is 0 Å². The molecule has 0 heterocycles. The Balaban J connectivity index is 0.000000748. The van der Waals surface area contributed by atoms with Gasteiger partial charge < -0.3 is 0 Å². The van der Waals surface area contributed by atoms with Crippen molar-refractivity contribution >= 4 is 64.6 Å². The van der Waals surface area contributed by atoms with Gasteiger partial charge in [-0.05, 0) is 135 Å². The molecule has 10 aromatic rings. The molecule has 0 radical (unpaired) electrons. The molecular formula is C55H46. The van der Waals surface area contributed by atoms with Gasteiger partial charge in [-0.2, -0.15) is 0 Å². The standard InChI is InChI=1S/C50H34.C5H12/c1-31-23-24-35(29-46(31)48-32(2)37-14-5-6-16-39(37)40-17-7-8-18-41(40)48)49-42-19-9-11-21-44(42)50(45-22-12-10-20-43(45)49)36-28-27-34-26-25-33-13-3-4-15-38(33)47(34)30-36;1-3-5-4-2/h3-30H,1-2H3;3-5H2,1-2H3. The van der Waals surface area contributed by atoms with Crippen LogP contribution >= 0.6 is 0 Å². The van der Waals surface area contributed by atoms with Crippen molar-refractivity contribution in [2.75, 3.05) is 0 Å². The minimum absolute atomic E-state index is 1.24. The average molecular weight is 707 g/mol. The van der Waals surface area contributed by atoms with E-state index in [-0.39, 0.29) is 0 Å². The summed E-state index contributed by atoms with van der Waals surface area (Å²) >= 11 is 0. The SMILES string of the molecule is CCCCC.Cc1ccc(-c2c3ccccc3c(-c3ccc4ccc5ccccc5c4c3)c3ccccc23)cc1-c1c(C)c2ccccc2c2ccccc12. The summed E-state index contributed by atoms with van der Waals surface area (Å²) in [5.41, 5.74) is 10.3. The summed E-state index contributed by atoms with van der Waals surface area (Å²) in [5.74, 6) is 0. The molecule has 0 spiro atoms. The normalized spacial score (nSPS) is 11.5. The molecule has 0 saturated carbocycles. The first-order valence-corrected chi connectivity index (χ1v) is 19.9. The number of fused-ring (bicyclic) bond motifs is 8. The van der Waals surface area contributed by atoms with Crippen molar-refractivity contribution < 1.29 is 0 Å². The monoisotopic (exact) mass is 706 g/mol. The van der Waals surface area contributed by atoms with Gasteiger partial charge in [0, 0.05) is 0 Å². The van der Waals surface area contributed by atoms with Gasteiger partial charge in [0.1, 0.15) is 0 Å². The Bertz CT molecular complexity index is 2990. The molecule has 0 aliphatic carbocycles. The van der Waals surface area contributed by atoms with Gasteiger partial charge in [-0.25, -0.2) is 0 Å². The molecule has 0 bridgehead atoms. The van der Waals surface area contributed by atoms with Crippen LogP contribution in [0.5, 0.6) is 0 Å². The van der Waals surface area contributed by atoms with Gasteiger partial charge in [-0.3, -0.25) is 0 Å². The lowest BCUT2D eigenvalue weighted by Crippen LogP contribution is -1.94. The van der Waals surface area contributed by atoms with E-state index in [0.717, 1.165) is 0 Å². The van der Waals surface area contributed by atoms with Gasteiger partial charge in [0.2, 0.25) is 0 Å². The number of benzene rings is 10. The van der Waals surface area contributed by atoms with Crippen LogP contribution in [0.3, 0.4) is 0 Å². The smallest absolute Gasteiger partial charge is 0.00261 e. The van der Waals surface area contributed by atoms with Crippen LogP contribution in [0.4, 0.5) is 0 Å². The molecule has 0 saturated heterocycles. The Morgan fingerprint density at radius 3 is 1.27 bits per heavy atom. The molecule has 0 fully saturated rings. The Morgan fingerprint density at radius 1 is 0.327 bits per heavy atom. The highest BCUT2D eigenvalue weighted by Crippen LogP contribution is 2.47. The van der Waals surface area contributed by atoms with Crippen LogP contribution < -0.4 is 0 Å². The Morgan fingerprint density at radius 2 is 0.727 bits per heavy atom. The lowest BCUT2D eigenvalue weighted by Gasteiger charge is -2.20. The van der Waals surface area contributed by atoms with E-state index in [9.17, 15) is 0 Å². The maximum absolute atomic E-state index is 2.45. The second kappa shape index (κ2) is 14.5. The van der Waals surface area contributed by atoms with Crippen LogP contribution in [0.2, 0.25) is 0 Å². The van der Waals surface area contributed by atoms with Crippen LogP contribution in [0, 0.1) is 13.8 Å². The quantitative estimate of drug-likeness (QED) is 0.123. The highest BCUT2D eigenvalue weighted by molar-refractivity contribution is 6.23. The third-order valence-corrected chi connectivity index (χ3v) is 11.7. The zero-order valence-electron chi connectivity index (χ0n) is 32.3. The zero-order chi connectivity index (χ0) is 37.5. The molecule has 0 aromatic heterocycles. The predicted molar refractivity (Wildman–Crippen MR) is 242 cm³/mol. The first kappa shape index (κ1) is 34.5. The van der Waals surface area contributed by atoms with Crippen LogP contribution in [0.1, 0.15) is 44.2 Å². The molecule has 0 aliphatic heterocycles. The topological polar surface area (TPSA) is 0 Å². The van der Waals surface area contributed by atoms with Gasteiger partial charge in [0.15, 0.2) is 0 Å². The second-order valence-electron chi connectivity index (χ2n) is 15.0. The fourth-order valence-corrected chi connectivity index (χ4v) is 8.97. The van der Waals surface area contributed by atoms with E-state index in [1.165, 1.54) is 128 Å². The molecule has 0 unspecified atom stereocenters. The molecule has 266 valence electrons. The van der Waals surface area contributed by atoms with Crippen molar-refractivity contribution in [3.63, 3.8) is 0 Å². The summed E-state index contributed by atoms with van der Waals surface area (Å²) in [7, 11) is 0. The largest absolute Gasteiger partial charge is 0.0654 e. The van der Waals surface area contributed by atoms with E-state index in [2.05, 4.69) is 198 Å². The highest BCUT2D eigenvalue weighted by atomic mass is 14.2. The van der Waals surface area contributed by atoms with Gasteiger partial charge in [-0.15, -0.1) is 0 Å². The Kier molecular flexibility index (Phi) is 9.12. The third kappa shape index (κ3) is 5.94. The summed E-state index contributed by atoms with van der Waals surface area (Å²) in [4.78, 5) is 0. The molecular weight excluding hydrogens is 661 g/mol. The van der Waals surface area contributed by atoms with Crippen LogP contribution in [0.15, 0.2) is 170 Å². The van der Waals surface area contributed by atoms with Gasteiger partial charge in [0.25, 0.3) is 0 Å². The third-order valence-electron chi connectivity index (χ3n) is 11.7. The van der Waals surface area contributed by atoms with E-state index in [4.69, 9.17) is 0 Å². The summed E-state index contributed by atoms with van der Waals surface area (Å²) < 4.78 is 0. The summed E-state index contributed by atoms with van der Waals surface area (Å²) in [5, 5.41) is 15.4. The molecule has 0 amide bonds. The lowest BCUT2D eigenvalue weighted by molar-refractivity contribution is 0.772. The fourth-order valence-electron chi connectivity index (χ4n) is 8.97. The van der Waals surface area contributed by atoms with E-state index >= 15 is 0 Å². The molecule has 0 heteroatoms. The molecule has 10 rings (SSSR count). The van der Waals surface area contributed by atoms with E-state index in [0.29, 0.717) is 0 Å². The maximum atomic E-state index is 2.45. The van der Waals surface area contributed by atoms with Crippen molar-refractivity contribution in [1.29, 1.82) is 0 Å². The predicted octanol–water partition coefficient (Wildman–Crippen LogP) is 16.4. The first-order valence-electron chi connectivity index (χ1n) is 19.9. The van der Waals surface area contributed by atoms with Crippen molar-refractivity contribution in [2.45, 2.75) is 47.0 Å². The molecule has 0 N–H and O–H groups in total. The minimum Gasteiger partial charge on any atom is -0.0654 e. The van der Waals surface area contributed by atoms with Crippen molar-refractivity contribution in [2.24, 2.45) is 0 Å². The lowest BCUT2D eigenvalue weighted by atomic mass is 9.83. The molecule has 0 atom stereocenters. The number of aryl methyl sites for hydroxylation is 2. The van der Waals surface area contributed by atoms with Gasteiger partial charge in [-0.1, -0.05) is 191 Å². The number of rotatable bonds is 5. The Labute approximate surface area is 324 Å². The van der Waals surface area contributed by atoms with Crippen LogP contribution in [-0.4, -0.2) is 0 Å². The maximum Gasteiger partial charge on any atom is -0.00261 e. The van der Waals surface area contributed by atoms with Gasteiger partial charge in [0.05, 0.1) is 0 Å². The Hall–Kier alpha value is -6.24. The van der Waals surface area contributed by atoms with Crippen molar-refractivity contribution in [1.82, 2.24) is 0 Å². The van der Waals surface area contributed by atoms with Crippen LogP contribution in [0.25, 0.3) is 98.0 Å². The molecule has 10 aromatic carbocycles. The van der Waals surface area contributed by atoms with E-state index in [1.807, 2.05) is 0 Å². The summed E-state index contributed by atoms with van der Waals surface area (Å²) in [6.07, 6.45) is 4.08. The van der Waals surface area contributed by atoms with Crippen molar-refractivity contribution in [3.8, 4) is 33.4 Å². The molecule has 0 aliphatic rings. The highest BCUT2D eigenvalue weighted by Gasteiger charge is 2.20. The average Bonchev–Trinajstić information content (AvgIpc) is 3.24. The molecule has 55 heavy (non-hydrogen) atoms. The first-order chi connectivity index (χ1) is 27.1. The van der Waals surface area contributed by atoms with E-state index < -0.39 is 0 Å². The summed E-state index contributed by atoms with van der Waals surface area (Å²) in [6, 6.07) is 63.0. The summed E-state index contributed by atoms with van der Waals surface area (Å²) in [6.45, 7) is 8.97. The number of hydrogen-bond donors (Lipinski definition) is 0.